The van der Waals surface area contributed by atoms with Crippen LogP contribution < -0.4 is 21.1 Å². The fraction of sp³-hybridized carbons (Fsp3) is 0.231. The minimum atomic E-state index is -0.424. The molecule has 0 saturated carbocycles. The molecule has 4 rings (SSSR count). The standard InChI is InChI=1S/C26H27ClN6O2/c1-15-7-10-29-22(11-15)32-24-19(27)14-30-25(33-24)31-20-12-16(2)18(13-21(20)35-4)26(3)8-5-17(6-9-26)23(28)34/h5-8,10-14H,9H2,1-4H3,(H2,28,34)(H2,29,30,31,32,33). The summed E-state index contributed by atoms with van der Waals surface area (Å²) in [5.74, 6) is 1.64. The van der Waals surface area contributed by atoms with Gasteiger partial charge in [0.05, 0.1) is 19.0 Å². The van der Waals surface area contributed by atoms with Gasteiger partial charge in [0.1, 0.15) is 16.6 Å². The second kappa shape index (κ2) is 9.76. The van der Waals surface area contributed by atoms with E-state index in [1.165, 1.54) is 6.20 Å². The van der Waals surface area contributed by atoms with Crippen molar-refractivity contribution in [2.45, 2.75) is 32.6 Å². The van der Waals surface area contributed by atoms with Gasteiger partial charge in [0.2, 0.25) is 11.9 Å². The molecular formula is C26H27ClN6O2. The van der Waals surface area contributed by atoms with Gasteiger partial charge < -0.3 is 21.1 Å². The van der Waals surface area contributed by atoms with E-state index in [0.717, 1.165) is 16.7 Å². The van der Waals surface area contributed by atoms with Gasteiger partial charge in [0.25, 0.3) is 0 Å². The van der Waals surface area contributed by atoms with Gasteiger partial charge in [0, 0.05) is 17.2 Å². The first-order valence-corrected chi connectivity index (χ1v) is 11.4. The third kappa shape index (κ3) is 5.27. The van der Waals surface area contributed by atoms with Gasteiger partial charge in [0.15, 0.2) is 5.82 Å². The number of allylic oxidation sites excluding steroid dienone is 2. The SMILES string of the molecule is COc1cc(C2(C)C=CC(C(N)=O)=CC2)c(C)cc1Nc1ncc(Cl)c(Nc2cc(C)ccn2)n1. The summed E-state index contributed by atoms with van der Waals surface area (Å²) in [6, 6.07) is 7.80. The molecule has 0 saturated heterocycles. The van der Waals surface area contributed by atoms with Gasteiger partial charge >= 0.3 is 0 Å². The van der Waals surface area contributed by atoms with Crippen molar-refractivity contribution in [3.63, 3.8) is 0 Å². The smallest absolute Gasteiger partial charge is 0.248 e. The average molecular weight is 491 g/mol. The minimum absolute atomic E-state index is 0.302. The Bertz CT molecular complexity index is 1350. The Hall–Kier alpha value is -3.91. The Balaban J connectivity index is 1.61. The van der Waals surface area contributed by atoms with E-state index in [9.17, 15) is 4.79 Å². The van der Waals surface area contributed by atoms with Crippen molar-refractivity contribution in [3.05, 3.63) is 82.2 Å². The third-order valence-electron chi connectivity index (χ3n) is 5.98. The van der Waals surface area contributed by atoms with Crippen molar-refractivity contribution in [3.8, 4) is 5.75 Å². The van der Waals surface area contributed by atoms with Crippen LogP contribution in [0.4, 0.5) is 23.3 Å². The van der Waals surface area contributed by atoms with Gasteiger partial charge in [-0.1, -0.05) is 36.8 Å². The molecule has 1 amide bonds. The average Bonchev–Trinajstić information content (AvgIpc) is 2.81. The van der Waals surface area contributed by atoms with Crippen LogP contribution in [0.25, 0.3) is 0 Å². The maximum Gasteiger partial charge on any atom is 0.248 e. The largest absolute Gasteiger partial charge is 0.495 e. The number of benzene rings is 1. The van der Waals surface area contributed by atoms with Crippen LogP contribution in [0.15, 0.2) is 60.5 Å². The number of halogens is 1. The number of methoxy groups -OCH3 is 1. The fourth-order valence-electron chi connectivity index (χ4n) is 4.05. The molecule has 2 heterocycles. The van der Waals surface area contributed by atoms with E-state index in [2.05, 4.69) is 32.5 Å². The molecule has 9 heteroatoms. The number of nitrogens with two attached hydrogens (primary N) is 1. The number of primary amides is 1. The highest BCUT2D eigenvalue weighted by Gasteiger charge is 2.29. The molecule has 2 aromatic heterocycles. The van der Waals surface area contributed by atoms with Crippen LogP contribution in [0.2, 0.25) is 5.02 Å². The van der Waals surface area contributed by atoms with Gasteiger partial charge in [-0.2, -0.15) is 4.98 Å². The summed E-state index contributed by atoms with van der Waals surface area (Å²) in [5, 5.41) is 6.75. The Kier molecular flexibility index (Phi) is 6.75. The number of aryl methyl sites for hydroxylation is 2. The molecule has 0 radical (unpaired) electrons. The molecule has 1 aliphatic rings. The Labute approximate surface area is 209 Å². The predicted molar refractivity (Wildman–Crippen MR) is 139 cm³/mol. The van der Waals surface area contributed by atoms with Crippen LogP contribution in [-0.2, 0) is 10.2 Å². The molecule has 1 aliphatic carbocycles. The molecular weight excluding hydrogens is 464 g/mol. The number of amides is 1. The maximum absolute atomic E-state index is 11.5. The third-order valence-corrected chi connectivity index (χ3v) is 6.25. The number of carbonyl (C=O) groups is 1. The highest BCUT2D eigenvalue weighted by Crippen LogP contribution is 2.40. The number of nitrogens with one attached hydrogen (secondary N) is 2. The van der Waals surface area contributed by atoms with Crippen LogP contribution >= 0.6 is 11.6 Å². The van der Waals surface area contributed by atoms with E-state index in [4.69, 9.17) is 22.1 Å². The number of hydrogen-bond donors (Lipinski definition) is 3. The zero-order valence-electron chi connectivity index (χ0n) is 20.0. The van der Waals surface area contributed by atoms with E-state index in [1.807, 2.05) is 50.3 Å². The summed E-state index contributed by atoms with van der Waals surface area (Å²) >= 11 is 6.32. The van der Waals surface area contributed by atoms with E-state index in [-0.39, 0.29) is 5.41 Å². The van der Waals surface area contributed by atoms with Gasteiger partial charge in [-0.05, 0) is 61.2 Å². The van der Waals surface area contributed by atoms with E-state index in [1.54, 1.807) is 19.4 Å². The van der Waals surface area contributed by atoms with Crippen molar-refractivity contribution in [2.24, 2.45) is 5.73 Å². The number of nitrogens with zero attached hydrogens (tertiary/aromatic N) is 3. The first-order chi connectivity index (χ1) is 16.7. The lowest BCUT2D eigenvalue weighted by Gasteiger charge is -2.30. The quantitative estimate of drug-likeness (QED) is 0.413. The summed E-state index contributed by atoms with van der Waals surface area (Å²) in [6.07, 6.45) is 9.57. The van der Waals surface area contributed by atoms with E-state index >= 15 is 0 Å². The molecule has 1 unspecified atom stereocenters. The van der Waals surface area contributed by atoms with Gasteiger partial charge in [-0.15, -0.1) is 0 Å². The molecule has 4 N–H and O–H groups in total. The monoisotopic (exact) mass is 490 g/mol. The van der Waals surface area contributed by atoms with Crippen molar-refractivity contribution in [1.82, 2.24) is 15.0 Å². The lowest BCUT2D eigenvalue weighted by Crippen LogP contribution is -2.24. The number of rotatable bonds is 7. The number of aromatic nitrogens is 3. The first kappa shape index (κ1) is 24.2. The fourth-order valence-corrected chi connectivity index (χ4v) is 4.18. The number of anilines is 4. The van der Waals surface area contributed by atoms with Crippen LogP contribution in [0.1, 0.15) is 30.0 Å². The summed E-state index contributed by atoms with van der Waals surface area (Å²) in [7, 11) is 1.61. The van der Waals surface area contributed by atoms with Crippen molar-refractivity contribution in [2.75, 3.05) is 17.7 Å². The molecule has 1 aromatic carbocycles. The summed E-state index contributed by atoms with van der Waals surface area (Å²) in [4.78, 5) is 24.6. The lowest BCUT2D eigenvalue weighted by atomic mass is 9.74. The lowest BCUT2D eigenvalue weighted by molar-refractivity contribution is -0.114. The zero-order valence-corrected chi connectivity index (χ0v) is 20.8. The molecule has 0 spiro atoms. The van der Waals surface area contributed by atoms with Crippen LogP contribution in [0.5, 0.6) is 5.75 Å². The Morgan fingerprint density at radius 1 is 1.20 bits per heavy atom. The second-order valence-corrected chi connectivity index (χ2v) is 9.11. The predicted octanol–water partition coefficient (Wildman–Crippen LogP) is 5.27. The first-order valence-electron chi connectivity index (χ1n) is 11.1. The van der Waals surface area contributed by atoms with Gasteiger partial charge in [-0.25, -0.2) is 9.97 Å². The highest BCUT2D eigenvalue weighted by molar-refractivity contribution is 6.32. The van der Waals surface area contributed by atoms with Crippen molar-refractivity contribution >= 4 is 40.8 Å². The minimum Gasteiger partial charge on any atom is -0.495 e. The molecule has 3 aromatic rings. The molecule has 0 aliphatic heterocycles. The number of carbonyl (C=O) groups excluding carboxylic acids is 1. The highest BCUT2D eigenvalue weighted by atomic mass is 35.5. The zero-order chi connectivity index (χ0) is 25.2. The normalized spacial score (nSPS) is 17.0. The number of hydrogen-bond acceptors (Lipinski definition) is 7. The number of ether oxygens (including phenoxy) is 1. The molecule has 0 bridgehead atoms. The van der Waals surface area contributed by atoms with Crippen molar-refractivity contribution in [1.29, 1.82) is 0 Å². The summed E-state index contributed by atoms with van der Waals surface area (Å²) in [5.41, 5.74) is 9.55. The topological polar surface area (TPSA) is 115 Å². The Morgan fingerprint density at radius 3 is 2.66 bits per heavy atom. The molecule has 35 heavy (non-hydrogen) atoms. The molecule has 180 valence electrons. The van der Waals surface area contributed by atoms with E-state index < -0.39 is 5.91 Å². The number of pyridine rings is 1. The van der Waals surface area contributed by atoms with Crippen LogP contribution in [-0.4, -0.2) is 28.0 Å². The molecule has 8 nitrogen and oxygen atoms in total. The molecule has 1 atom stereocenters. The van der Waals surface area contributed by atoms with Crippen LogP contribution in [0, 0.1) is 13.8 Å². The van der Waals surface area contributed by atoms with Crippen molar-refractivity contribution < 1.29 is 9.53 Å². The summed E-state index contributed by atoms with van der Waals surface area (Å²) < 4.78 is 5.69. The van der Waals surface area contributed by atoms with E-state index in [0.29, 0.717) is 46.0 Å². The maximum atomic E-state index is 11.5. The Morgan fingerprint density at radius 2 is 2.00 bits per heavy atom. The summed E-state index contributed by atoms with van der Waals surface area (Å²) in [6.45, 7) is 6.13. The van der Waals surface area contributed by atoms with Gasteiger partial charge in [-0.3, -0.25) is 4.79 Å². The second-order valence-electron chi connectivity index (χ2n) is 8.70. The molecule has 0 fully saturated rings. The van der Waals surface area contributed by atoms with Crippen LogP contribution in [0.3, 0.4) is 0 Å².